The Morgan fingerprint density at radius 3 is 2.89 bits per heavy atom. The van der Waals surface area contributed by atoms with E-state index in [2.05, 4.69) is 38.7 Å². The van der Waals surface area contributed by atoms with Crippen molar-refractivity contribution in [3.63, 3.8) is 0 Å². The van der Waals surface area contributed by atoms with Crippen molar-refractivity contribution in [2.24, 2.45) is 5.73 Å². The summed E-state index contributed by atoms with van der Waals surface area (Å²) in [5, 5.41) is 7.32. The first-order valence-electron chi connectivity index (χ1n) is 5.83. The predicted octanol–water partition coefficient (Wildman–Crippen LogP) is 0.894. The summed E-state index contributed by atoms with van der Waals surface area (Å²) >= 11 is 0. The van der Waals surface area contributed by atoms with Gasteiger partial charge in [-0.3, -0.25) is 5.41 Å². The molecule has 18 heavy (non-hydrogen) atoms. The van der Waals surface area contributed by atoms with Crippen molar-refractivity contribution in [2.45, 2.75) is 26.3 Å². The number of nitrogens with two attached hydrogens (primary N) is 1. The fourth-order valence-corrected chi connectivity index (χ4v) is 1.82. The van der Waals surface area contributed by atoms with E-state index in [-0.39, 0.29) is 11.9 Å². The van der Waals surface area contributed by atoms with Crippen LogP contribution in [-0.4, -0.2) is 38.4 Å². The molecular weight excluding hydrogens is 230 g/mol. The molecule has 7 heteroatoms. The van der Waals surface area contributed by atoms with Gasteiger partial charge in [0.25, 0.3) is 0 Å². The van der Waals surface area contributed by atoms with Crippen molar-refractivity contribution in [1.29, 1.82) is 5.41 Å². The van der Waals surface area contributed by atoms with E-state index in [1.165, 1.54) is 6.33 Å². The summed E-state index contributed by atoms with van der Waals surface area (Å²) < 4.78 is 0. The molecular formula is C11H17N7. The summed E-state index contributed by atoms with van der Waals surface area (Å²) in [6, 6.07) is 0.255. The quantitative estimate of drug-likeness (QED) is 0.537. The third kappa shape index (κ3) is 2.39. The number of imidazole rings is 1. The number of nitrogens with zero attached hydrogens (tertiary/aromatic N) is 4. The molecule has 2 rings (SSSR count). The zero-order valence-electron chi connectivity index (χ0n) is 10.5. The first-order valence-corrected chi connectivity index (χ1v) is 5.83. The largest absolute Gasteiger partial charge is 0.388 e. The Morgan fingerprint density at radius 1 is 1.44 bits per heavy atom. The number of rotatable bonds is 5. The van der Waals surface area contributed by atoms with E-state index < -0.39 is 0 Å². The van der Waals surface area contributed by atoms with Gasteiger partial charge in [0.05, 0.1) is 12.2 Å². The van der Waals surface area contributed by atoms with Gasteiger partial charge in [-0.15, -0.1) is 0 Å². The van der Waals surface area contributed by atoms with Gasteiger partial charge in [0.1, 0.15) is 11.8 Å². The Kier molecular flexibility index (Phi) is 3.40. The first kappa shape index (κ1) is 12.3. The highest BCUT2D eigenvalue weighted by Gasteiger charge is 2.16. The molecule has 96 valence electrons. The molecule has 0 aliphatic heterocycles. The minimum Gasteiger partial charge on any atom is -0.388 e. The SMILES string of the molecule is CC(C)N(CCC(=N)N)c1ncnc2nc[nH]c12. The second kappa shape index (κ2) is 4.99. The number of anilines is 1. The number of amidine groups is 1. The maximum atomic E-state index is 7.32. The average Bonchev–Trinajstić information content (AvgIpc) is 2.77. The number of hydrogen-bond donors (Lipinski definition) is 3. The second-order valence-electron chi connectivity index (χ2n) is 4.36. The molecule has 0 aromatic carbocycles. The van der Waals surface area contributed by atoms with Gasteiger partial charge in [0, 0.05) is 19.0 Å². The van der Waals surface area contributed by atoms with Crippen LogP contribution in [0.4, 0.5) is 5.82 Å². The molecule has 4 N–H and O–H groups in total. The third-order valence-corrected chi connectivity index (χ3v) is 2.72. The maximum Gasteiger partial charge on any atom is 0.182 e. The van der Waals surface area contributed by atoms with Gasteiger partial charge in [-0.1, -0.05) is 0 Å². The van der Waals surface area contributed by atoms with Crippen molar-refractivity contribution in [3.05, 3.63) is 12.7 Å². The molecule has 0 bridgehead atoms. The molecule has 0 atom stereocenters. The summed E-state index contributed by atoms with van der Waals surface area (Å²) in [6.45, 7) is 4.80. The van der Waals surface area contributed by atoms with Crippen molar-refractivity contribution >= 4 is 22.8 Å². The van der Waals surface area contributed by atoms with E-state index in [9.17, 15) is 0 Å². The fourth-order valence-electron chi connectivity index (χ4n) is 1.82. The summed E-state index contributed by atoms with van der Waals surface area (Å²) in [5.41, 5.74) is 6.88. The van der Waals surface area contributed by atoms with Gasteiger partial charge in [-0.05, 0) is 13.8 Å². The van der Waals surface area contributed by atoms with Crippen molar-refractivity contribution in [2.75, 3.05) is 11.4 Å². The van der Waals surface area contributed by atoms with Crippen LogP contribution in [0, 0.1) is 5.41 Å². The lowest BCUT2D eigenvalue weighted by atomic mass is 10.2. The number of hydrogen-bond acceptors (Lipinski definition) is 5. The van der Waals surface area contributed by atoms with Crippen LogP contribution in [0.3, 0.4) is 0 Å². The topological polar surface area (TPSA) is 108 Å². The molecule has 0 fully saturated rings. The number of H-pyrrole nitrogens is 1. The molecule has 0 amide bonds. The van der Waals surface area contributed by atoms with Crippen molar-refractivity contribution in [3.8, 4) is 0 Å². The van der Waals surface area contributed by atoms with E-state index >= 15 is 0 Å². The van der Waals surface area contributed by atoms with E-state index in [1.54, 1.807) is 6.33 Å². The number of aromatic amines is 1. The molecule has 0 saturated heterocycles. The minimum absolute atomic E-state index is 0.176. The maximum absolute atomic E-state index is 7.32. The minimum atomic E-state index is 0.176. The standard InChI is InChI=1S/C11H17N7/c1-7(2)18(4-3-8(12)13)11-9-10(15-5-14-9)16-6-17-11/h5-7H,3-4H2,1-2H3,(H3,12,13)(H,14,15,16,17). The van der Waals surface area contributed by atoms with Gasteiger partial charge in [0.15, 0.2) is 11.5 Å². The van der Waals surface area contributed by atoms with E-state index in [4.69, 9.17) is 11.1 Å². The number of aromatic nitrogens is 4. The Morgan fingerprint density at radius 2 is 2.22 bits per heavy atom. The molecule has 2 aromatic rings. The van der Waals surface area contributed by atoms with Crippen LogP contribution < -0.4 is 10.6 Å². The van der Waals surface area contributed by atoms with E-state index in [1.807, 2.05) is 0 Å². The van der Waals surface area contributed by atoms with Crippen LogP contribution in [0.2, 0.25) is 0 Å². The van der Waals surface area contributed by atoms with Gasteiger partial charge in [-0.25, -0.2) is 15.0 Å². The fraction of sp³-hybridized carbons (Fsp3) is 0.455. The van der Waals surface area contributed by atoms with Crippen LogP contribution in [0.1, 0.15) is 20.3 Å². The lowest BCUT2D eigenvalue weighted by Gasteiger charge is -2.27. The summed E-state index contributed by atoms with van der Waals surface area (Å²) in [6.07, 6.45) is 3.62. The van der Waals surface area contributed by atoms with E-state index in [0.717, 1.165) is 11.3 Å². The molecule has 0 saturated carbocycles. The zero-order chi connectivity index (χ0) is 13.1. The van der Waals surface area contributed by atoms with Crippen molar-refractivity contribution < 1.29 is 0 Å². The number of nitrogens with one attached hydrogen (secondary N) is 2. The lowest BCUT2D eigenvalue weighted by Crippen LogP contribution is -2.34. The highest BCUT2D eigenvalue weighted by molar-refractivity contribution is 5.83. The van der Waals surface area contributed by atoms with E-state index in [0.29, 0.717) is 18.6 Å². The Labute approximate surface area is 105 Å². The summed E-state index contributed by atoms with van der Waals surface area (Å²) in [7, 11) is 0. The summed E-state index contributed by atoms with van der Waals surface area (Å²) in [5.74, 6) is 0.976. The van der Waals surface area contributed by atoms with Crippen molar-refractivity contribution in [1.82, 2.24) is 19.9 Å². The normalized spacial score (nSPS) is 11.1. The monoisotopic (exact) mass is 247 g/mol. The molecule has 7 nitrogen and oxygen atoms in total. The second-order valence-corrected chi connectivity index (χ2v) is 4.36. The third-order valence-electron chi connectivity index (χ3n) is 2.72. The Hall–Kier alpha value is -2.18. The molecule has 0 radical (unpaired) electrons. The number of fused-ring (bicyclic) bond motifs is 1. The van der Waals surface area contributed by atoms with Gasteiger partial charge in [-0.2, -0.15) is 0 Å². The first-order chi connectivity index (χ1) is 8.59. The van der Waals surface area contributed by atoms with Crippen LogP contribution in [0.5, 0.6) is 0 Å². The van der Waals surface area contributed by atoms with Gasteiger partial charge in [0.2, 0.25) is 0 Å². The Bertz CT molecular complexity index is 545. The average molecular weight is 247 g/mol. The molecule has 2 heterocycles. The molecule has 0 aliphatic rings. The van der Waals surface area contributed by atoms with Crippen LogP contribution in [-0.2, 0) is 0 Å². The molecule has 0 spiro atoms. The van der Waals surface area contributed by atoms with Crippen LogP contribution >= 0.6 is 0 Å². The van der Waals surface area contributed by atoms with Crippen LogP contribution in [0.25, 0.3) is 11.2 Å². The molecule has 2 aromatic heterocycles. The van der Waals surface area contributed by atoms with Gasteiger partial charge < -0.3 is 15.6 Å². The van der Waals surface area contributed by atoms with Crippen LogP contribution in [0.15, 0.2) is 12.7 Å². The lowest BCUT2D eigenvalue weighted by molar-refractivity contribution is 0.680. The predicted molar refractivity (Wildman–Crippen MR) is 70.7 cm³/mol. The highest BCUT2D eigenvalue weighted by atomic mass is 15.2. The smallest absolute Gasteiger partial charge is 0.182 e. The highest BCUT2D eigenvalue weighted by Crippen LogP contribution is 2.21. The molecule has 0 unspecified atom stereocenters. The summed E-state index contributed by atoms with van der Waals surface area (Å²) in [4.78, 5) is 17.7. The molecule has 0 aliphatic carbocycles. The zero-order valence-corrected chi connectivity index (χ0v) is 10.5. The van der Waals surface area contributed by atoms with Gasteiger partial charge >= 0.3 is 0 Å². The Balaban J connectivity index is 2.35.